The molecular weight excluding hydrogens is 280 g/mol. The number of esters is 1. The highest BCUT2D eigenvalue weighted by atomic mass is 16.5. The van der Waals surface area contributed by atoms with Gasteiger partial charge in [-0.2, -0.15) is 5.26 Å². The van der Waals surface area contributed by atoms with E-state index in [0.717, 1.165) is 5.69 Å². The van der Waals surface area contributed by atoms with Crippen LogP contribution < -0.4 is 0 Å². The minimum Gasteiger partial charge on any atom is -0.465 e. The lowest BCUT2D eigenvalue weighted by Gasteiger charge is -2.09. The molecule has 0 radical (unpaired) electrons. The number of aryl methyl sites for hydroxylation is 1. The van der Waals surface area contributed by atoms with E-state index in [0.29, 0.717) is 27.7 Å². The second kappa shape index (κ2) is 5.30. The summed E-state index contributed by atoms with van der Waals surface area (Å²) >= 11 is 0. The number of rotatable bonds is 2. The molecule has 0 atom stereocenters. The van der Waals surface area contributed by atoms with Crippen molar-refractivity contribution >= 4 is 16.9 Å². The summed E-state index contributed by atoms with van der Waals surface area (Å²) in [4.78, 5) is 20.7. The molecule has 0 aliphatic rings. The van der Waals surface area contributed by atoms with Crippen LogP contribution in [0.25, 0.3) is 22.3 Å². The molecule has 1 aromatic carbocycles. The van der Waals surface area contributed by atoms with Crippen LogP contribution in [0, 0.1) is 11.3 Å². The molecule has 0 spiro atoms. The van der Waals surface area contributed by atoms with Crippen molar-refractivity contribution in [2.24, 2.45) is 7.05 Å². The number of nitrogens with zero attached hydrogens (tertiary/aromatic N) is 4. The summed E-state index contributed by atoms with van der Waals surface area (Å²) < 4.78 is 6.66. The number of pyridine rings is 1. The largest absolute Gasteiger partial charge is 0.465 e. The van der Waals surface area contributed by atoms with Crippen LogP contribution in [0.1, 0.15) is 15.9 Å². The first kappa shape index (κ1) is 13.8. The number of aromatic nitrogens is 3. The van der Waals surface area contributed by atoms with Crippen LogP contribution in [0.3, 0.4) is 0 Å². The molecular formula is C16H12N4O2. The first-order valence-electron chi connectivity index (χ1n) is 6.54. The third-order valence-corrected chi connectivity index (χ3v) is 3.42. The van der Waals surface area contributed by atoms with E-state index in [-0.39, 0.29) is 0 Å². The number of benzene rings is 1. The van der Waals surface area contributed by atoms with Gasteiger partial charge in [-0.25, -0.2) is 14.8 Å². The highest BCUT2D eigenvalue weighted by molar-refractivity contribution is 6.04. The van der Waals surface area contributed by atoms with Gasteiger partial charge in [-0.3, -0.25) is 0 Å². The monoisotopic (exact) mass is 292 g/mol. The van der Waals surface area contributed by atoms with Gasteiger partial charge in [0.05, 0.1) is 53.7 Å². The van der Waals surface area contributed by atoms with Gasteiger partial charge in [0.25, 0.3) is 0 Å². The Morgan fingerprint density at radius 3 is 2.82 bits per heavy atom. The summed E-state index contributed by atoms with van der Waals surface area (Å²) in [5.74, 6) is -0.444. The number of hydrogen-bond acceptors (Lipinski definition) is 5. The molecule has 6 heteroatoms. The van der Waals surface area contributed by atoms with E-state index in [1.54, 1.807) is 36.8 Å². The zero-order valence-corrected chi connectivity index (χ0v) is 12.1. The Labute approximate surface area is 126 Å². The van der Waals surface area contributed by atoms with Gasteiger partial charge in [-0.15, -0.1) is 0 Å². The van der Waals surface area contributed by atoms with Crippen molar-refractivity contribution in [1.29, 1.82) is 5.26 Å². The molecule has 0 N–H and O–H groups in total. The summed E-state index contributed by atoms with van der Waals surface area (Å²) in [6.45, 7) is 0. The molecule has 3 aromatic rings. The van der Waals surface area contributed by atoms with Crippen molar-refractivity contribution in [3.8, 4) is 17.5 Å². The lowest BCUT2D eigenvalue weighted by molar-refractivity contribution is 0.0603. The Hall–Kier alpha value is -3.20. The Balaban J connectivity index is 2.33. The standard InChI is InChI=1S/C16H12N4O2/c1-20-9-18-8-15(20)14-6-12(16(21)22-2)11-4-3-10(7-17)5-13(11)19-14/h3-6,8-9H,1-2H3. The topological polar surface area (TPSA) is 80.8 Å². The van der Waals surface area contributed by atoms with Crippen molar-refractivity contribution in [2.45, 2.75) is 0 Å². The third-order valence-electron chi connectivity index (χ3n) is 3.42. The van der Waals surface area contributed by atoms with Gasteiger partial charge in [-0.1, -0.05) is 6.07 Å². The van der Waals surface area contributed by atoms with Crippen LogP contribution in [0.4, 0.5) is 0 Å². The molecule has 108 valence electrons. The highest BCUT2D eigenvalue weighted by Gasteiger charge is 2.16. The number of nitriles is 1. The van der Waals surface area contributed by atoms with Crippen molar-refractivity contribution in [3.05, 3.63) is 47.9 Å². The van der Waals surface area contributed by atoms with Gasteiger partial charge >= 0.3 is 5.97 Å². The van der Waals surface area contributed by atoms with Gasteiger partial charge in [0.15, 0.2) is 0 Å². The van der Waals surface area contributed by atoms with E-state index in [1.807, 2.05) is 11.6 Å². The molecule has 6 nitrogen and oxygen atoms in total. The maximum atomic E-state index is 12.1. The third kappa shape index (κ3) is 2.19. The van der Waals surface area contributed by atoms with Gasteiger partial charge < -0.3 is 9.30 Å². The smallest absolute Gasteiger partial charge is 0.338 e. The zero-order chi connectivity index (χ0) is 15.7. The Bertz CT molecular complexity index is 922. The molecule has 22 heavy (non-hydrogen) atoms. The van der Waals surface area contributed by atoms with Crippen LogP contribution in [-0.2, 0) is 11.8 Å². The summed E-state index contributed by atoms with van der Waals surface area (Å²) in [6.07, 6.45) is 3.33. The fourth-order valence-corrected chi connectivity index (χ4v) is 2.31. The van der Waals surface area contributed by atoms with E-state index in [1.165, 1.54) is 7.11 Å². The molecule has 0 bridgehead atoms. The lowest BCUT2D eigenvalue weighted by Crippen LogP contribution is -2.04. The Morgan fingerprint density at radius 1 is 1.36 bits per heavy atom. The second-order valence-corrected chi connectivity index (χ2v) is 4.78. The summed E-state index contributed by atoms with van der Waals surface area (Å²) in [5, 5.41) is 9.69. The Morgan fingerprint density at radius 2 is 2.18 bits per heavy atom. The fraction of sp³-hybridized carbons (Fsp3) is 0.125. The molecule has 2 aromatic heterocycles. The predicted octanol–water partition coefficient (Wildman–Crippen LogP) is 2.29. The van der Waals surface area contributed by atoms with Crippen LogP contribution in [0.2, 0.25) is 0 Å². The second-order valence-electron chi connectivity index (χ2n) is 4.78. The maximum absolute atomic E-state index is 12.1. The number of hydrogen-bond donors (Lipinski definition) is 0. The van der Waals surface area contributed by atoms with Crippen molar-refractivity contribution in [1.82, 2.24) is 14.5 Å². The summed E-state index contributed by atoms with van der Waals surface area (Å²) in [5.41, 5.74) is 2.83. The highest BCUT2D eigenvalue weighted by Crippen LogP contribution is 2.25. The van der Waals surface area contributed by atoms with Gasteiger partial charge in [0.2, 0.25) is 0 Å². The van der Waals surface area contributed by atoms with Crippen LogP contribution >= 0.6 is 0 Å². The number of carbonyl (C=O) groups is 1. The molecule has 0 fully saturated rings. The quantitative estimate of drug-likeness (QED) is 0.677. The molecule has 2 heterocycles. The predicted molar refractivity (Wildman–Crippen MR) is 80.0 cm³/mol. The van der Waals surface area contributed by atoms with Gasteiger partial charge in [0.1, 0.15) is 0 Å². The van der Waals surface area contributed by atoms with Crippen molar-refractivity contribution < 1.29 is 9.53 Å². The number of methoxy groups -OCH3 is 1. The molecule has 0 unspecified atom stereocenters. The summed E-state index contributed by atoms with van der Waals surface area (Å²) in [7, 11) is 3.18. The van der Waals surface area contributed by atoms with Gasteiger partial charge in [-0.05, 0) is 18.2 Å². The van der Waals surface area contributed by atoms with Crippen molar-refractivity contribution in [2.75, 3.05) is 7.11 Å². The van der Waals surface area contributed by atoms with E-state index < -0.39 is 5.97 Å². The average Bonchev–Trinajstić information content (AvgIpc) is 2.98. The molecule has 0 saturated carbocycles. The molecule has 0 aliphatic carbocycles. The summed E-state index contributed by atoms with van der Waals surface area (Å²) in [6, 6.07) is 8.77. The number of imidazole rings is 1. The minimum atomic E-state index is -0.444. The van der Waals surface area contributed by atoms with Gasteiger partial charge in [0, 0.05) is 12.4 Å². The number of carbonyl (C=O) groups excluding carboxylic acids is 1. The van der Waals surface area contributed by atoms with Crippen LogP contribution in [0.15, 0.2) is 36.8 Å². The average molecular weight is 292 g/mol. The van der Waals surface area contributed by atoms with E-state index >= 15 is 0 Å². The van der Waals surface area contributed by atoms with Crippen LogP contribution in [-0.4, -0.2) is 27.6 Å². The molecule has 0 amide bonds. The molecule has 0 aliphatic heterocycles. The maximum Gasteiger partial charge on any atom is 0.338 e. The molecule has 0 saturated heterocycles. The number of fused-ring (bicyclic) bond motifs is 1. The van der Waals surface area contributed by atoms with Crippen molar-refractivity contribution in [3.63, 3.8) is 0 Å². The van der Waals surface area contributed by atoms with E-state index in [4.69, 9.17) is 10.00 Å². The SMILES string of the molecule is COC(=O)c1cc(-c2cncn2C)nc2cc(C#N)ccc12. The number of ether oxygens (including phenoxy) is 1. The Kier molecular flexibility index (Phi) is 3.31. The lowest BCUT2D eigenvalue weighted by atomic mass is 10.0. The first-order valence-corrected chi connectivity index (χ1v) is 6.54. The van der Waals surface area contributed by atoms with Crippen LogP contribution in [0.5, 0.6) is 0 Å². The molecule has 3 rings (SSSR count). The first-order chi connectivity index (χ1) is 10.6. The minimum absolute atomic E-state index is 0.410. The van der Waals surface area contributed by atoms with E-state index in [9.17, 15) is 4.79 Å². The fourth-order valence-electron chi connectivity index (χ4n) is 2.31. The zero-order valence-electron chi connectivity index (χ0n) is 12.1. The normalized spacial score (nSPS) is 10.4. The van der Waals surface area contributed by atoms with E-state index in [2.05, 4.69) is 16.0 Å².